The standard InChI is InChI=1S/C21H19NO/c1-15-4-2-3-5-20(15)22-19-9-6-16(7-10-19)17-8-11-21-18(14-17)12-13-23-21/h2-11,14,22H,12-13H2,1H3. The molecule has 0 aliphatic carbocycles. The van der Waals surface area contributed by atoms with Crippen molar-refractivity contribution in [3.05, 3.63) is 77.9 Å². The molecule has 3 aromatic carbocycles. The maximum absolute atomic E-state index is 5.58. The molecule has 1 aliphatic rings. The smallest absolute Gasteiger partial charge is 0.122 e. The highest BCUT2D eigenvalue weighted by Crippen LogP contribution is 2.31. The first-order chi connectivity index (χ1) is 11.3. The van der Waals surface area contributed by atoms with Crippen molar-refractivity contribution in [2.24, 2.45) is 0 Å². The first kappa shape index (κ1) is 13.9. The summed E-state index contributed by atoms with van der Waals surface area (Å²) in [5.74, 6) is 1.03. The highest BCUT2D eigenvalue weighted by molar-refractivity contribution is 5.70. The predicted molar refractivity (Wildman–Crippen MR) is 95.5 cm³/mol. The molecule has 23 heavy (non-hydrogen) atoms. The highest BCUT2D eigenvalue weighted by atomic mass is 16.5. The van der Waals surface area contributed by atoms with Crippen LogP contribution in [-0.2, 0) is 6.42 Å². The molecule has 1 aliphatic heterocycles. The fourth-order valence-electron chi connectivity index (χ4n) is 2.98. The normalized spacial score (nSPS) is 12.6. The molecular formula is C21H19NO. The SMILES string of the molecule is Cc1ccccc1Nc1ccc(-c2ccc3c(c2)CCO3)cc1. The Morgan fingerprint density at radius 1 is 0.870 bits per heavy atom. The van der Waals surface area contributed by atoms with Gasteiger partial charge in [0, 0.05) is 17.8 Å². The zero-order chi connectivity index (χ0) is 15.6. The number of benzene rings is 3. The van der Waals surface area contributed by atoms with Crippen LogP contribution < -0.4 is 10.1 Å². The topological polar surface area (TPSA) is 21.3 Å². The average Bonchev–Trinajstić information content (AvgIpc) is 3.05. The Morgan fingerprint density at radius 2 is 1.65 bits per heavy atom. The molecule has 2 heteroatoms. The van der Waals surface area contributed by atoms with Gasteiger partial charge in [0.1, 0.15) is 5.75 Å². The van der Waals surface area contributed by atoms with Crippen molar-refractivity contribution in [1.82, 2.24) is 0 Å². The summed E-state index contributed by atoms with van der Waals surface area (Å²) in [5, 5.41) is 3.47. The third kappa shape index (κ3) is 2.80. The fourth-order valence-corrected chi connectivity index (χ4v) is 2.98. The van der Waals surface area contributed by atoms with Crippen LogP contribution in [0.2, 0.25) is 0 Å². The second-order valence-corrected chi connectivity index (χ2v) is 5.94. The predicted octanol–water partition coefficient (Wildman–Crippen LogP) is 5.34. The van der Waals surface area contributed by atoms with Gasteiger partial charge in [0.25, 0.3) is 0 Å². The molecule has 3 aromatic rings. The summed E-state index contributed by atoms with van der Waals surface area (Å²) in [6, 6.07) is 23.4. The number of fused-ring (bicyclic) bond motifs is 1. The summed E-state index contributed by atoms with van der Waals surface area (Å²) >= 11 is 0. The molecule has 0 amide bonds. The van der Waals surface area contributed by atoms with Gasteiger partial charge in [-0.1, -0.05) is 36.4 Å². The Labute approximate surface area is 136 Å². The van der Waals surface area contributed by atoms with Crippen molar-refractivity contribution in [2.75, 3.05) is 11.9 Å². The van der Waals surface area contributed by atoms with E-state index in [4.69, 9.17) is 4.74 Å². The number of nitrogens with one attached hydrogen (secondary N) is 1. The summed E-state index contributed by atoms with van der Waals surface area (Å²) in [7, 11) is 0. The van der Waals surface area contributed by atoms with Crippen LogP contribution in [0, 0.1) is 6.92 Å². The van der Waals surface area contributed by atoms with Crippen LogP contribution in [0.1, 0.15) is 11.1 Å². The molecule has 0 unspecified atom stereocenters. The van der Waals surface area contributed by atoms with Gasteiger partial charge >= 0.3 is 0 Å². The Balaban J connectivity index is 1.57. The molecule has 0 radical (unpaired) electrons. The largest absolute Gasteiger partial charge is 0.493 e. The number of hydrogen-bond acceptors (Lipinski definition) is 2. The van der Waals surface area contributed by atoms with Gasteiger partial charge in [-0.15, -0.1) is 0 Å². The number of anilines is 2. The molecule has 4 rings (SSSR count). The Bertz CT molecular complexity index is 837. The van der Waals surface area contributed by atoms with Crippen LogP contribution in [0.3, 0.4) is 0 Å². The van der Waals surface area contributed by atoms with E-state index in [2.05, 4.69) is 79.0 Å². The number of hydrogen-bond donors (Lipinski definition) is 1. The zero-order valence-corrected chi connectivity index (χ0v) is 13.2. The molecule has 0 bridgehead atoms. The molecule has 2 nitrogen and oxygen atoms in total. The lowest BCUT2D eigenvalue weighted by Crippen LogP contribution is -1.92. The quantitative estimate of drug-likeness (QED) is 0.705. The van der Waals surface area contributed by atoms with E-state index >= 15 is 0 Å². The first-order valence-electron chi connectivity index (χ1n) is 7.98. The minimum Gasteiger partial charge on any atom is -0.493 e. The summed E-state index contributed by atoms with van der Waals surface area (Å²) in [6.07, 6.45) is 1.01. The van der Waals surface area contributed by atoms with E-state index in [0.29, 0.717) is 0 Å². The average molecular weight is 301 g/mol. The van der Waals surface area contributed by atoms with E-state index in [0.717, 1.165) is 30.2 Å². The van der Waals surface area contributed by atoms with Gasteiger partial charge in [0.15, 0.2) is 0 Å². The number of para-hydroxylation sites is 1. The van der Waals surface area contributed by atoms with Crippen LogP contribution in [0.15, 0.2) is 66.7 Å². The number of ether oxygens (including phenoxy) is 1. The van der Waals surface area contributed by atoms with Gasteiger partial charge in [0.05, 0.1) is 6.61 Å². The lowest BCUT2D eigenvalue weighted by Gasteiger charge is -2.10. The molecule has 0 fully saturated rings. The molecule has 1 N–H and O–H groups in total. The van der Waals surface area contributed by atoms with Gasteiger partial charge in [-0.2, -0.15) is 0 Å². The van der Waals surface area contributed by atoms with E-state index < -0.39 is 0 Å². The lowest BCUT2D eigenvalue weighted by molar-refractivity contribution is 0.357. The minimum absolute atomic E-state index is 0.804. The summed E-state index contributed by atoms with van der Waals surface area (Å²) < 4.78 is 5.58. The molecule has 1 heterocycles. The molecule has 114 valence electrons. The van der Waals surface area contributed by atoms with Crippen LogP contribution in [0.25, 0.3) is 11.1 Å². The molecular weight excluding hydrogens is 282 g/mol. The third-order valence-corrected chi connectivity index (χ3v) is 4.33. The van der Waals surface area contributed by atoms with Crippen LogP contribution in [-0.4, -0.2) is 6.61 Å². The van der Waals surface area contributed by atoms with Crippen molar-refractivity contribution in [2.45, 2.75) is 13.3 Å². The van der Waals surface area contributed by atoms with E-state index in [-0.39, 0.29) is 0 Å². The van der Waals surface area contributed by atoms with Gasteiger partial charge in [-0.3, -0.25) is 0 Å². The second kappa shape index (κ2) is 5.81. The fraction of sp³-hybridized carbons (Fsp3) is 0.143. The summed E-state index contributed by atoms with van der Waals surface area (Å²) in [4.78, 5) is 0. The Kier molecular flexibility index (Phi) is 3.51. The second-order valence-electron chi connectivity index (χ2n) is 5.94. The van der Waals surface area contributed by atoms with Crippen molar-refractivity contribution in [3.63, 3.8) is 0 Å². The third-order valence-electron chi connectivity index (χ3n) is 4.33. The maximum atomic E-state index is 5.58. The van der Waals surface area contributed by atoms with Crippen molar-refractivity contribution in [3.8, 4) is 16.9 Å². The molecule has 0 saturated heterocycles. The monoisotopic (exact) mass is 301 g/mol. The van der Waals surface area contributed by atoms with E-state index in [1.165, 1.54) is 22.3 Å². The highest BCUT2D eigenvalue weighted by Gasteiger charge is 2.12. The first-order valence-corrected chi connectivity index (χ1v) is 7.98. The maximum Gasteiger partial charge on any atom is 0.122 e. The zero-order valence-electron chi connectivity index (χ0n) is 13.2. The van der Waals surface area contributed by atoms with E-state index in [1.807, 2.05) is 0 Å². The number of aryl methyl sites for hydroxylation is 1. The van der Waals surface area contributed by atoms with Crippen molar-refractivity contribution >= 4 is 11.4 Å². The summed E-state index contributed by atoms with van der Waals surface area (Å²) in [5.41, 5.74) is 7.29. The summed E-state index contributed by atoms with van der Waals surface area (Å²) in [6.45, 7) is 2.92. The lowest BCUT2D eigenvalue weighted by atomic mass is 10.0. The molecule has 0 spiro atoms. The Morgan fingerprint density at radius 3 is 2.48 bits per heavy atom. The van der Waals surface area contributed by atoms with E-state index in [1.54, 1.807) is 0 Å². The van der Waals surface area contributed by atoms with Crippen LogP contribution >= 0.6 is 0 Å². The van der Waals surface area contributed by atoms with Gasteiger partial charge < -0.3 is 10.1 Å². The molecule has 0 saturated carbocycles. The van der Waals surface area contributed by atoms with Crippen molar-refractivity contribution in [1.29, 1.82) is 0 Å². The minimum atomic E-state index is 0.804. The molecule has 0 atom stereocenters. The van der Waals surface area contributed by atoms with E-state index in [9.17, 15) is 0 Å². The van der Waals surface area contributed by atoms with Crippen molar-refractivity contribution < 1.29 is 4.74 Å². The Hall–Kier alpha value is -2.74. The van der Waals surface area contributed by atoms with Crippen LogP contribution in [0.5, 0.6) is 5.75 Å². The van der Waals surface area contributed by atoms with Crippen LogP contribution in [0.4, 0.5) is 11.4 Å². The number of rotatable bonds is 3. The molecule has 0 aromatic heterocycles. The van der Waals surface area contributed by atoms with Gasteiger partial charge in [0.2, 0.25) is 0 Å². The van der Waals surface area contributed by atoms with Gasteiger partial charge in [-0.05, 0) is 59.5 Å². The van der Waals surface area contributed by atoms with Gasteiger partial charge in [-0.25, -0.2) is 0 Å².